The Balaban J connectivity index is 1.66. The molecule has 0 saturated carbocycles. The van der Waals surface area contributed by atoms with Crippen LogP contribution < -0.4 is 4.74 Å². The fraction of sp³-hybridized carbons (Fsp3) is 0.250. The van der Waals surface area contributed by atoms with E-state index in [9.17, 15) is 9.18 Å². The highest BCUT2D eigenvalue weighted by Crippen LogP contribution is 2.23. The molecule has 1 saturated heterocycles. The number of halogens is 2. The van der Waals surface area contributed by atoms with E-state index in [4.69, 9.17) is 16.3 Å². The molecule has 0 unspecified atom stereocenters. The van der Waals surface area contributed by atoms with Crippen molar-refractivity contribution in [1.29, 1.82) is 0 Å². The number of amides is 1. The van der Waals surface area contributed by atoms with Gasteiger partial charge in [-0.15, -0.1) is 0 Å². The molecule has 1 aliphatic rings. The fourth-order valence-electron chi connectivity index (χ4n) is 2.45. The lowest BCUT2D eigenvalue weighted by molar-refractivity contribution is 0.0772. The van der Waals surface area contributed by atoms with Crippen molar-refractivity contribution >= 4 is 17.5 Å². The minimum atomic E-state index is -0.457. The normalized spacial score (nSPS) is 17.5. The molecule has 1 fully saturated rings. The zero-order valence-corrected chi connectivity index (χ0v) is 12.5. The standard InChI is InChI=1S/C16H14ClFN2O2/c17-15-9-11(18)1-2-14(15)16(21)20-8-5-13(10-20)22-12-3-6-19-7-4-12/h1-4,6-7,9,13H,5,8,10H2/t13-/m1/s1. The van der Waals surface area contributed by atoms with Gasteiger partial charge < -0.3 is 9.64 Å². The monoisotopic (exact) mass is 320 g/mol. The van der Waals surface area contributed by atoms with Crippen LogP contribution in [0.4, 0.5) is 4.39 Å². The molecule has 4 nitrogen and oxygen atoms in total. The third-order valence-electron chi connectivity index (χ3n) is 3.55. The summed E-state index contributed by atoms with van der Waals surface area (Å²) in [5.74, 6) is 0.0711. The Morgan fingerprint density at radius 3 is 2.82 bits per heavy atom. The zero-order valence-electron chi connectivity index (χ0n) is 11.7. The molecule has 3 rings (SSSR count). The molecule has 2 aromatic rings. The summed E-state index contributed by atoms with van der Waals surface area (Å²) in [6.45, 7) is 1.07. The van der Waals surface area contributed by atoms with Crippen LogP contribution in [0.5, 0.6) is 5.75 Å². The van der Waals surface area contributed by atoms with Crippen LogP contribution >= 0.6 is 11.6 Å². The van der Waals surface area contributed by atoms with Crippen LogP contribution in [-0.2, 0) is 0 Å². The van der Waals surface area contributed by atoms with E-state index in [1.807, 2.05) is 0 Å². The van der Waals surface area contributed by atoms with Gasteiger partial charge in [-0.2, -0.15) is 0 Å². The third kappa shape index (κ3) is 3.20. The number of hydrogen-bond acceptors (Lipinski definition) is 3. The van der Waals surface area contributed by atoms with Crippen molar-refractivity contribution in [3.8, 4) is 5.75 Å². The van der Waals surface area contributed by atoms with Gasteiger partial charge >= 0.3 is 0 Å². The van der Waals surface area contributed by atoms with Crippen LogP contribution in [0.3, 0.4) is 0 Å². The fourth-order valence-corrected chi connectivity index (χ4v) is 2.70. The van der Waals surface area contributed by atoms with Crippen LogP contribution in [0.25, 0.3) is 0 Å². The second kappa shape index (κ2) is 6.32. The number of ether oxygens (including phenoxy) is 1. The molecule has 0 bridgehead atoms. The molecule has 6 heteroatoms. The van der Waals surface area contributed by atoms with Crippen molar-refractivity contribution in [2.24, 2.45) is 0 Å². The maximum absolute atomic E-state index is 13.1. The molecule has 22 heavy (non-hydrogen) atoms. The summed E-state index contributed by atoms with van der Waals surface area (Å²) in [7, 11) is 0. The second-order valence-corrected chi connectivity index (χ2v) is 5.49. The lowest BCUT2D eigenvalue weighted by Crippen LogP contribution is -2.31. The molecule has 1 aromatic carbocycles. The summed E-state index contributed by atoms with van der Waals surface area (Å²) >= 11 is 5.94. The SMILES string of the molecule is O=C(c1ccc(F)cc1Cl)N1CC[C@@H](Oc2ccncc2)C1. The highest BCUT2D eigenvalue weighted by Gasteiger charge is 2.29. The number of pyridine rings is 1. The van der Waals surface area contributed by atoms with E-state index in [0.717, 1.165) is 18.2 Å². The Morgan fingerprint density at radius 1 is 1.32 bits per heavy atom. The van der Waals surface area contributed by atoms with Gasteiger partial charge in [-0.3, -0.25) is 9.78 Å². The average molecular weight is 321 g/mol. The Bertz CT molecular complexity index is 681. The third-order valence-corrected chi connectivity index (χ3v) is 3.86. The first-order valence-corrected chi connectivity index (χ1v) is 7.32. The van der Waals surface area contributed by atoms with Gasteiger partial charge in [0.2, 0.25) is 0 Å². The smallest absolute Gasteiger partial charge is 0.255 e. The summed E-state index contributed by atoms with van der Waals surface area (Å²) in [6.07, 6.45) is 4.00. The number of carbonyl (C=O) groups excluding carboxylic acids is 1. The van der Waals surface area contributed by atoms with Gasteiger partial charge in [0.25, 0.3) is 5.91 Å². The highest BCUT2D eigenvalue weighted by atomic mass is 35.5. The van der Waals surface area contributed by atoms with Crippen LogP contribution in [0.2, 0.25) is 5.02 Å². The summed E-state index contributed by atoms with van der Waals surface area (Å²) in [4.78, 5) is 18.0. The van der Waals surface area contributed by atoms with Gasteiger partial charge in [0.1, 0.15) is 17.7 Å². The van der Waals surface area contributed by atoms with E-state index in [0.29, 0.717) is 18.7 Å². The van der Waals surface area contributed by atoms with Crippen LogP contribution in [0, 0.1) is 5.82 Å². The Hall–Kier alpha value is -2.14. The number of likely N-dealkylation sites (tertiary alicyclic amines) is 1. The molecule has 1 amide bonds. The van der Waals surface area contributed by atoms with E-state index in [2.05, 4.69) is 4.98 Å². The minimum Gasteiger partial charge on any atom is -0.488 e. The maximum atomic E-state index is 13.1. The Morgan fingerprint density at radius 2 is 2.09 bits per heavy atom. The number of carbonyl (C=O) groups is 1. The lowest BCUT2D eigenvalue weighted by atomic mass is 10.2. The summed E-state index contributed by atoms with van der Waals surface area (Å²) < 4.78 is 18.9. The topological polar surface area (TPSA) is 42.4 Å². The first-order valence-electron chi connectivity index (χ1n) is 6.94. The first-order chi connectivity index (χ1) is 10.6. The van der Waals surface area contributed by atoms with E-state index < -0.39 is 5.82 Å². The van der Waals surface area contributed by atoms with E-state index in [1.54, 1.807) is 29.4 Å². The molecular weight excluding hydrogens is 307 g/mol. The van der Waals surface area contributed by atoms with Gasteiger partial charge in [0.05, 0.1) is 17.1 Å². The van der Waals surface area contributed by atoms with E-state index >= 15 is 0 Å². The van der Waals surface area contributed by atoms with Gasteiger partial charge in [-0.25, -0.2) is 4.39 Å². The van der Waals surface area contributed by atoms with Gasteiger partial charge in [0.15, 0.2) is 0 Å². The zero-order chi connectivity index (χ0) is 15.5. The van der Waals surface area contributed by atoms with E-state index in [-0.39, 0.29) is 17.0 Å². The van der Waals surface area contributed by atoms with Crippen LogP contribution in [0.1, 0.15) is 16.8 Å². The van der Waals surface area contributed by atoms with Gasteiger partial charge in [-0.1, -0.05) is 11.6 Å². The van der Waals surface area contributed by atoms with Crippen LogP contribution in [-0.4, -0.2) is 35.0 Å². The van der Waals surface area contributed by atoms with Crippen molar-refractivity contribution in [2.45, 2.75) is 12.5 Å². The first kappa shape index (κ1) is 14.8. The molecule has 0 radical (unpaired) electrons. The number of nitrogens with zero attached hydrogens (tertiary/aromatic N) is 2. The Kier molecular flexibility index (Phi) is 4.24. The quantitative estimate of drug-likeness (QED) is 0.872. The van der Waals surface area contributed by atoms with Crippen molar-refractivity contribution < 1.29 is 13.9 Å². The number of hydrogen-bond donors (Lipinski definition) is 0. The van der Waals surface area contributed by atoms with Crippen molar-refractivity contribution in [1.82, 2.24) is 9.88 Å². The predicted molar refractivity (Wildman–Crippen MR) is 80.6 cm³/mol. The summed E-state index contributed by atoms with van der Waals surface area (Å²) in [5.41, 5.74) is 0.313. The molecule has 1 aliphatic heterocycles. The largest absolute Gasteiger partial charge is 0.488 e. The van der Waals surface area contributed by atoms with E-state index in [1.165, 1.54) is 12.1 Å². The van der Waals surface area contributed by atoms with Gasteiger partial charge in [0, 0.05) is 25.4 Å². The predicted octanol–water partition coefficient (Wildman–Crippen LogP) is 3.17. The molecule has 114 valence electrons. The van der Waals surface area contributed by atoms with Crippen molar-refractivity contribution in [2.75, 3.05) is 13.1 Å². The van der Waals surface area contributed by atoms with Gasteiger partial charge in [-0.05, 0) is 30.3 Å². The molecule has 2 heterocycles. The van der Waals surface area contributed by atoms with Crippen molar-refractivity contribution in [3.63, 3.8) is 0 Å². The molecule has 0 spiro atoms. The van der Waals surface area contributed by atoms with Crippen molar-refractivity contribution in [3.05, 3.63) is 59.1 Å². The number of aromatic nitrogens is 1. The minimum absolute atomic E-state index is 0.0643. The summed E-state index contributed by atoms with van der Waals surface area (Å²) in [5, 5.41) is 0.128. The van der Waals surface area contributed by atoms with Crippen LogP contribution in [0.15, 0.2) is 42.7 Å². The molecule has 1 aromatic heterocycles. The highest BCUT2D eigenvalue weighted by molar-refractivity contribution is 6.33. The molecule has 0 aliphatic carbocycles. The summed E-state index contributed by atoms with van der Waals surface area (Å²) in [6, 6.07) is 7.36. The number of benzene rings is 1. The second-order valence-electron chi connectivity index (χ2n) is 5.09. The molecule has 1 atom stereocenters. The lowest BCUT2D eigenvalue weighted by Gasteiger charge is -2.18. The molecular formula is C16H14ClFN2O2. The average Bonchev–Trinajstić information content (AvgIpc) is 2.96. The number of rotatable bonds is 3. The maximum Gasteiger partial charge on any atom is 0.255 e. The molecule has 0 N–H and O–H groups in total. The Labute approximate surface area is 132 Å².